The molecule has 0 aromatic heterocycles. The molecule has 1 saturated heterocycles. The number of esters is 1. The minimum absolute atomic E-state index is 0.00128. The third kappa shape index (κ3) is 18.2. The molecule has 1 fully saturated rings. The summed E-state index contributed by atoms with van der Waals surface area (Å²) in [5, 5.41) is 44.0. The van der Waals surface area contributed by atoms with Crippen molar-refractivity contribution in [2.45, 2.75) is 44.6 Å². The van der Waals surface area contributed by atoms with Crippen LogP contribution in [0.4, 0.5) is 17.6 Å². The Balaban J connectivity index is 1.81. The fraction of sp³-hybridized carbons (Fsp3) is 0.649. The quantitative estimate of drug-likeness (QED) is 0.0184. The summed E-state index contributed by atoms with van der Waals surface area (Å²) in [4.78, 5) is 91.2. The highest BCUT2D eigenvalue weighted by Crippen LogP contribution is 2.27. The van der Waals surface area contributed by atoms with Gasteiger partial charge >= 0.3 is 29.8 Å². The lowest BCUT2D eigenvalue weighted by molar-refractivity contribution is -0.160. The van der Waals surface area contributed by atoms with Gasteiger partial charge in [0.05, 0.1) is 46.1 Å². The SMILES string of the molecule is CCC(C(=O)O)(C(=O)NCCOCCOCCNC(=O)CCCCC(=O)Oc1c(F)c(F)cc(F)c1F)N1CCN(CC(=O)O)CCN(CC(=O)O)CCN(CC(=O)O)CC1. The summed E-state index contributed by atoms with van der Waals surface area (Å²) >= 11 is 0. The molecule has 344 valence electrons. The first-order valence-electron chi connectivity index (χ1n) is 19.5. The lowest BCUT2D eigenvalue weighted by Gasteiger charge is -2.41. The Hall–Kier alpha value is -5.01. The molecule has 20 nitrogen and oxygen atoms in total. The van der Waals surface area contributed by atoms with E-state index in [2.05, 4.69) is 15.4 Å². The lowest BCUT2D eigenvalue weighted by Crippen LogP contribution is -2.66. The zero-order valence-corrected chi connectivity index (χ0v) is 33.8. The third-order valence-corrected chi connectivity index (χ3v) is 9.49. The zero-order valence-electron chi connectivity index (χ0n) is 33.8. The summed E-state index contributed by atoms with van der Waals surface area (Å²) in [6, 6.07) is -0.0215. The van der Waals surface area contributed by atoms with E-state index in [0.717, 1.165) is 0 Å². The number of rotatable bonds is 25. The molecule has 1 atom stereocenters. The number of hydrogen-bond donors (Lipinski definition) is 6. The normalized spacial score (nSPS) is 16.1. The Morgan fingerprint density at radius 3 is 1.49 bits per heavy atom. The highest BCUT2D eigenvalue weighted by molar-refractivity contribution is 6.06. The maximum Gasteiger partial charge on any atom is 0.333 e. The van der Waals surface area contributed by atoms with Crippen LogP contribution in [0.5, 0.6) is 5.75 Å². The Bertz CT molecular complexity index is 1600. The van der Waals surface area contributed by atoms with E-state index in [-0.39, 0.29) is 142 Å². The first-order valence-corrected chi connectivity index (χ1v) is 19.5. The average molecular weight is 883 g/mol. The number of nitrogens with one attached hydrogen (secondary N) is 2. The standard InChI is InChI=1S/C37H54F4N6O14/c1-2-37(36(57)58,47-15-13-45(23-29(51)52)11-9-44(22-28(49)50)10-12-46(14-16-47)24-30(53)54)35(56)43-8-18-60-20-19-59-17-7-42-27(48)5-3-4-6-31(55)61-34-32(40)25(38)21-26(39)33(34)41/h21H,2-20,22-24H2,1H3,(H,42,48)(H,43,56)(H,49,50)(H,51,52)(H,53,54)(H,57,58). The number of amides is 2. The molecule has 0 radical (unpaired) electrons. The van der Waals surface area contributed by atoms with E-state index in [0.29, 0.717) is 0 Å². The van der Waals surface area contributed by atoms with Gasteiger partial charge in [-0.3, -0.25) is 48.4 Å². The second kappa shape index (κ2) is 27.0. The molecule has 1 aliphatic rings. The molecule has 0 spiro atoms. The van der Waals surface area contributed by atoms with Crippen LogP contribution in [-0.2, 0) is 43.0 Å². The van der Waals surface area contributed by atoms with Crippen molar-refractivity contribution in [1.29, 1.82) is 0 Å². The van der Waals surface area contributed by atoms with Gasteiger partial charge in [0.2, 0.25) is 23.3 Å². The van der Waals surface area contributed by atoms with Gasteiger partial charge in [-0.2, -0.15) is 8.78 Å². The molecule has 0 saturated carbocycles. The Morgan fingerprint density at radius 2 is 1.07 bits per heavy atom. The molecule has 24 heteroatoms. The van der Waals surface area contributed by atoms with Crippen molar-refractivity contribution in [1.82, 2.24) is 30.2 Å². The Kier molecular flexibility index (Phi) is 23.1. The number of unbranched alkanes of at least 4 members (excludes halogenated alkanes) is 1. The number of aliphatic carboxylic acids is 4. The highest BCUT2D eigenvalue weighted by atomic mass is 19.2. The second-order valence-corrected chi connectivity index (χ2v) is 13.8. The van der Waals surface area contributed by atoms with Crippen LogP contribution >= 0.6 is 0 Å². The van der Waals surface area contributed by atoms with E-state index in [1.54, 1.807) is 4.90 Å². The van der Waals surface area contributed by atoms with E-state index in [4.69, 9.17) is 9.47 Å². The van der Waals surface area contributed by atoms with Gasteiger partial charge in [-0.25, -0.2) is 13.6 Å². The van der Waals surface area contributed by atoms with Gasteiger partial charge in [-0.1, -0.05) is 6.92 Å². The predicted molar refractivity (Wildman–Crippen MR) is 202 cm³/mol. The maximum atomic E-state index is 13.7. The van der Waals surface area contributed by atoms with E-state index in [9.17, 15) is 71.5 Å². The average Bonchev–Trinajstić information content (AvgIpc) is 3.18. The summed E-state index contributed by atoms with van der Waals surface area (Å²) in [6.45, 7) is 0.827. The van der Waals surface area contributed by atoms with Crippen LogP contribution in [0.3, 0.4) is 0 Å². The number of benzene rings is 1. The van der Waals surface area contributed by atoms with Crippen molar-refractivity contribution in [3.8, 4) is 5.75 Å². The molecular weight excluding hydrogens is 828 g/mol. The number of carbonyl (C=O) groups excluding carboxylic acids is 3. The Labute approximate surface area is 348 Å². The fourth-order valence-electron chi connectivity index (χ4n) is 6.30. The van der Waals surface area contributed by atoms with Gasteiger partial charge in [0.15, 0.2) is 17.2 Å². The first-order chi connectivity index (χ1) is 28.9. The van der Waals surface area contributed by atoms with Gasteiger partial charge < -0.3 is 45.3 Å². The minimum Gasteiger partial charge on any atom is -0.480 e. The summed E-state index contributed by atoms with van der Waals surface area (Å²) < 4.78 is 69.1. The number of nitrogens with zero attached hydrogens (tertiary/aromatic N) is 4. The van der Waals surface area contributed by atoms with Gasteiger partial charge in [-0.05, 0) is 19.3 Å². The topological polar surface area (TPSA) is 265 Å². The van der Waals surface area contributed by atoms with Crippen molar-refractivity contribution in [2.24, 2.45) is 0 Å². The van der Waals surface area contributed by atoms with E-state index < -0.39 is 83.4 Å². The van der Waals surface area contributed by atoms with Gasteiger partial charge in [0, 0.05) is 84.4 Å². The van der Waals surface area contributed by atoms with Crippen molar-refractivity contribution >= 4 is 41.7 Å². The highest BCUT2D eigenvalue weighted by Gasteiger charge is 2.49. The number of hydrogen-bond acceptors (Lipinski definition) is 14. The van der Waals surface area contributed by atoms with Crippen molar-refractivity contribution < 1.29 is 85.8 Å². The molecule has 1 unspecified atom stereocenters. The van der Waals surface area contributed by atoms with Gasteiger partial charge in [-0.15, -0.1) is 0 Å². The molecule has 1 heterocycles. The molecule has 1 aliphatic heterocycles. The molecular formula is C37H54F4N6O14. The molecule has 1 aromatic carbocycles. The fourth-order valence-corrected chi connectivity index (χ4v) is 6.30. The second-order valence-electron chi connectivity index (χ2n) is 13.8. The van der Waals surface area contributed by atoms with Crippen LogP contribution in [-0.4, -0.2) is 199 Å². The largest absolute Gasteiger partial charge is 0.480 e. The zero-order chi connectivity index (χ0) is 45.5. The van der Waals surface area contributed by atoms with Crippen LogP contribution in [0.1, 0.15) is 39.0 Å². The number of halogens is 4. The maximum absolute atomic E-state index is 13.7. The molecule has 1 aromatic rings. The molecule has 2 rings (SSSR count). The van der Waals surface area contributed by atoms with Gasteiger partial charge in [0.1, 0.15) is 0 Å². The summed E-state index contributed by atoms with van der Waals surface area (Å²) in [6.07, 6.45) is -0.332. The van der Waals surface area contributed by atoms with Crippen LogP contribution < -0.4 is 15.4 Å². The smallest absolute Gasteiger partial charge is 0.333 e. The molecule has 0 aliphatic carbocycles. The van der Waals surface area contributed by atoms with Crippen molar-refractivity contribution in [3.63, 3.8) is 0 Å². The molecule has 6 N–H and O–H groups in total. The molecule has 2 amide bonds. The number of carbonyl (C=O) groups is 7. The summed E-state index contributed by atoms with van der Waals surface area (Å²) in [5.74, 6) is -15.9. The number of ether oxygens (including phenoxy) is 3. The van der Waals surface area contributed by atoms with Crippen molar-refractivity contribution in [3.05, 3.63) is 29.3 Å². The third-order valence-electron chi connectivity index (χ3n) is 9.49. The van der Waals surface area contributed by atoms with E-state index in [1.165, 1.54) is 21.6 Å². The number of carboxylic acid groups (broad SMARTS) is 4. The first kappa shape index (κ1) is 52.1. The van der Waals surface area contributed by atoms with Crippen LogP contribution in [0, 0.1) is 23.3 Å². The van der Waals surface area contributed by atoms with Gasteiger partial charge in [0.25, 0.3) is 5.91 Å². The summed E-state index contributed by atoms with van der Waals surface area (Å²) in [7, 11) is 0. The Morgan fingerprint density at radius 1 is 0.639 bits per heavy atom. The monoisotopic (exact) mass is 882 g/mol. The van der Waals surface area contributed by atoms with Crippen LogP contribution in [0.25, 0.3) is 0 Å². The van der Waals surface area contributed by atoms with Crippen molar-refractivity contribution in [2.75, 3.05) is 112 Å². The molecule has 61 heavy (non-hydrogen) atoms. The van der Waals surface area contributed by atoms with Crippen LogP contribution in [0.15, 0.2) is 6.07 Å². The van der Waals surface area contributed by atoms with E-state index >= 15 is 0 Å². The lowest BCUT2D eigenvalue weighted by atomic mass is 9.92. The number of carboxylic acids is 4. The van der Waals surface area contributed by atoms with E-state index in [1.807, 2.05) is 0 Å². The summed E-state index contributed by atoms with van der Waals surface area (Å²) in [5.41, 5.74) is -2.13. The predicted octanol–water partition coefficient (Wildman–Crippen LogP) is -0.317. The minimum atomic E-state index is -2.13. The van der Waals surface area contributed by atoms with Crippen LogP contribution in [0.2, 0.25) is 0 Å². The molecule has 0 bridgehead atoms.